The van der Waals surface area contributed by atoms with E-state index in [0.717, 1.165) is 4.68 Å². The molecule has 0 bridgehead atoms. The van der Waals surface area contributed by atoms with Gasteiger partial charge in [0.05, 0.1) is 23.9 Å². The van der Waals surface area contributed by atoms with Crippen LogP contribution in [0.5, 0.6) is 0 Å². The lowest BCUT2D eigenvalue weighted by atomic mass is 10.1. The van der Waals surface area contributed by atoms with E-state index in [1.807, 2.05) is 6.07 Å². The van der Waals surface area contributed by atoms with Crippen LogP contribution in [0.25, 0.3) is 11.3 Å². The fourth-order valence-corrected chi connectivity index (χ4v) is 1.82. The number of aromatic nitrogens is 2. The SMILES string of the molecule is CCOC(=O)c1cc(-c2ccc(C#N)cc2)nn(C)c1=O. The summed E-state index contributed by atoms with van der Waals surface area (Å²) in [6.07, 6.45) is 0. The van der Waals surface area contributed by atoms with Crippen LogP contribution in [-0.4, -0.2) is 22.4 Å². The lowest BCUT2D eigenvalue weighted by Gasteiger charge is -2.07. The average Bonchev–Trinajstić information content (AvgIpc) is 2.50. The van der Waals surface area contributed by atoms with Gasteiger partial charge in [-0.1, -0.05) is 12.1 Å². The number of benzene rings is 1. The molecule has 1 heterocycles. The van der Waals surface area contributed by atoms with Crippen LogP contribution in [0.4, 0.5) is 0 Å². The van der Waals surface area contributed by atoms with E-state index in [2.05, 4.69) is 5.10 Å². The molecule has 0 spiro atoms. The van der Waals surface area contributed by atoms with Gasteiger partial charge < -0.3 is 4.74 Å². The highest BCUT2D eigenvalue weighted by atomic mass is 16.5. The third-order valence-electron chi connectivity index (χ3n) is 2.87. The molecule has 1 aromatic heterocycles. The number of rotatable bonds is 3. The minimum Gasteiger partial charge on any atom is -0.462 e. The highest BCUT2D eigenvalue weighted by Gasteiger charge is 2.16. The van der Waals surface area contributed by atoms with Crippen LogP contribution in [0.2, 0.25) is 0 Å². The molecule has 106 valence electrons. The summed E-state index contributed by atoms with van der Waals surface area (Å²) in [5.41, 5.74) is 1.12. The Kier molecular flexibility index (Phi) is 4.14. The first-order chi connectivity index (χ1) is 10.1. The van der Waals surface area contributed by atoms with Gasteiger partial charge in [0, 0.05) is 12.6 Å². The van der Waals surface area contributed by atoms with E-state index in [1.165, 1.54) is 13.1 Å². The molecule has 0 aliphatic rings. The van der Waals surface area contributed by atoms with Gasteiger partial charge in [0.2, 0.25) is 0 Å². The summed E-state index contributed by atoms with van der Waals surface area (Å²) >= 11 is 0. The third kappa shape index (κ3) is 2.98. The van der Waals surface area contributed by atoms with Crippen LogP contribution in [0.1, 0.15) is 22.8 Å². The fraction of sp³-hybridized carbons (Fsp3) is 0.200. The Morgan fingerprint density at radius 2 is 2.05 bits per heavy atom. The van der Waals surface area contributed by atoms with Crippen molar-refractivity contribution in [2.24, 2.45) is 7.05 Å². The number of aryl methyl sites for hydroxylation is 1. The number of ether oxygens (including phenoxy) is 1. The normalized spacial score (nSPS) is 9.95. The van der Waals surface area contributed by atoms with Gasteiger partial charge in [-0.3, -0.25) is 4.79 Å². The molecule has 0 saturated heterocycles. The second kappa shape index (κ2) is 6.01. The van der Waals surface area contributed by atoms with Crippen LogP contribution < -0.4 is 5.56 Å². The first kappa shape index (κ1) is 14.5. The van der Waals surface area contributed by atoms with Crippen LogP contribution in [0.3, 0.4) is 0 Å². The van der Waals surface area contributed by atoms with E-state index in [1.54, 1.807) is 31.2 Å². The van der Waals surface area contributed by atoms with E-state index in [-0.39, 0.29) is 12.2 Å². The quantitative estimate of drug-likeness (QED) is 0.797. The molecular weight excluding hydrogens is 270 g/mol. The fourth-order valence-electron chi connectivity index (χ4n) is 1.82. The van der Waals surface area contributed by atoms with Gasteiger partial charge in [0.25, 0.3) is 5.56 Å². The zero-order valence-electron chi connectivity index (χ0n) is 11.7. The summed E-state index contributed by atoms with van der Waals surface area (Å²) in [6.45, 7) is 1.86. The second-order valence-electron chi connectivity index (χ2n) is 4.28. The first-order valence-electron chi connectivity index (χ1n) is 6.32. The maximum Gasteiger partial charge on any atom is 0.343 e. The zero-order chi connectivity index (χ0) is 15.4. The Bertz CT molecular complexity index is 770. The molecule has 1 aromatic carbocycles. The molecule has 6 nitrogen and oxygen atoms in total. The van der Waals surface area contributed by atoms with Crippen molar-refractivity contribution in [3.8, 4) is 17.3 Å². The summed E-state index contributed by atoms with van der Waals surface area (Å²) in [6, 6.07) is 10.1. The molecular formula is C15H13N3O3. The average molecular weight is 283 g/mol. The zero-order valence-corrected chi connectivity index (χ0v) is 11.7. The first-order valence-corrected chi connectivity index (χ1v) is 6.32. The Morgan fingerprint density at radius 3 is 2.62 bits per heavy atom. The van der Waals surface area contributed by atoms with E-state index in [0.29, 0.717) is 16.8 Å². The van der Waals surface area contributed by atoms with Crippen LogP contribution in [0.15, 0.2) is 35.1 Å². The largest absolute Gasteiger partial charge is 0.462 e. The molecule has 0 aliphatic heterocycles. The van der Waals surface area contributed by atoms with E-state index in [4.69, 9.17) is 10.00 Å². The summed E-state index contributed by atoms with van der Waals surface area (Å²) < 4.78 is 5.97. The standard InChI is InChI=1S/C15H13N3O3/c1-3-21-15(20)12-8-13(17-18(2)14(12)19)11-6-4-10(9-16)5-7-11/h4-8H,3H2,1-2H3. The molecule has 0 atom stereocenters. The van der Waals surface area contributed by atoms with Crippen LogP contribution in [-0.2, 0) is 11.8 Å². The molecule has 0 amide bonds. The second-order valence-corrected chi connectivity index (χ2v) is 4.28. The molecule has 2 aromatic rings. The monoisotopic (exact) mass is 283 g/mol. The lowest BCUT2D eigenvalue weighted by molar-refractivity contribution is 0.0523. The van der Waals surface area contributed by atoms with Gasteiger partial charge in [-0.05, 0) is 25.1 Å². The van der Waals surface area contributed by atoms with Crippen molar-refractivity contribution in [1.29, 1.82) is 5.26 Å². The number of nitrogens with zero attached hydrogens (tertiary/aromatic N) is 3. The molecule has 2 rings (SSSR count). The predicted molar refractivity (Wildman–Crippen MR) is 75.6 cm³/mol. The molecule has 6 heteroatoms. The Labute approximate surface area is 121 Å². The maximum absolute atomic E-state index is 11.9. The number of hydrogen-bond donors (Lipinski definition) is 0. The van der Waals surface area contributed by atoms with Crippen molar-refractivity contribution in [3.05, 3.63) is 51.8 Å². The molecule has 0 fully saturated rings. The summed E-state index contributed by atoms with van der Waals surface area (Å²) in [5, 5.41) is 12.9. The molecule has 21 heavy (non-hydrogen) atoms. The Balaban J connectivity index is 2.52. The van der Waals surface area contributed by atoms with Crippen molar-refractivity contribution in [2.45, 2.75) is 6.92 Å². The van der Waals surface area contributed by atoms with Crippen molar-refractivity contribution in [2.75, 3.05) is 6.61 Å². The summed E-state index contributed by atoms with van der Waals surface area (Å²) in [5.74, 6) is -0.671. The smallest absolute Gasteiger partial charge is 0.343 e. The minimum atomic E-state index is -0.671. The number of carbonyl (C=O) groups is 1. The summed E-state index contributed by atoms with van der Waals surface area (Å²) in [7, 11) is 1.47. The number of nitriles is 1. The van der Waals surface area contributed by atoms with Gasteiger partial charge in [-0.15, -0.1) is 0 Å². The van der Waals surface area contributed by atoms with Crippen molar-refractivity contribution in [3.63, 3.8) is 0 Å². The van der Waals surface area contributed by atoms with E-state index in [9.17, 15) is 9.59 Å². The molecule has 0 unspecified atom stereocenters. The van der Waals surface area contributed by atoms with Crippen molar-refractivity contribution in [1.82, 2.24) is 9.78 Å². The van der Waals surface area contributed by atoms with Crippen molar-refractivity contribution < 1.29 is 9.53 Å². The molecule has 0 N–H and O–H groups in total. The highest BCUT2D eigenvalue weighted by molar-refractivity contribution is 5.90. The van der Waals surface area contributed by atoms with Gasteiger partial charge >= 0.3 is 5.97 Å². The highest BCUT2D eigenvalue weighted by Crippen LogP contribution is 2.17. The number of esters is 1. The van der Waals surface area contributed by atoms with Crippen LogP contribution >= 0.6 is 0 Å². The van der Waals surface area contributed by atoms with Crippen molar-refractivity contribution >= 4 is 5.97 Å². The van der Waals surface area contributed by atoms with Crippen LogP contribution in [0, 0.1) is 11.3 Å². The van der Waals surface area contributed by atoms with Gasteiger partial charge in [-0.2, -0.15) is 10.4 Å². The molecule has 0 aliphatic carbocycles. The predicted octanol–water partition coefficient (Wildman–Crippen LogP) is 1.50. The minimum absolute atomic E-state index is 0.0614. The van der Waals surface area contributed by atoms with Gasteiger partial charge in [-0.25, -0.2) is 9.48 Å². The number of hydrogen-bond acceptors (Lipinski definition) is 5. The Hall–Kier alpha value is -2.94. The molecule has 0 radical (unpaired) electrons. The summed E-state index contributed by atoms with van der Waals surface area (Å²) in [4.78, 5) is 23.7. The third-order valence-corrected chi connectivity index (χ3v) is 2.87. The topological polar surface area (TPSA) is 85.0 Å². The van der Waals surface area contributed by atoms with Gasteiger partial charge in [0.1, 0.15) is 5.56 Å². The molecule has 0 saturated carbocycles. The Morgan fingerprint density at radius 1 is 1.38 bits per heavy atom. The van der Waals surface area contributed by atoms with E-state index >= 15 is 0 Å². The maximum atomic E-state index is 11.9. The van der Waals surface area contributed by atoms with Gasteiger partial charge in [0.15, 0.2) is 0 Å². The lowest BCUT2D eigenvalue weighted by Crippen LogP contribution is -2.27. The number of carbonyl (C=O) groups excluding carboxylic acids is 1. The van der Waals surface area contributed by atoms with E-state index < -0.39 is 11.5 Å².